The van der Waals surface area contributed by atoms with Crippen LogP contribution in [0.15, 0.2) is 66.2 Å². The van der Waals surface area contributed by atoms with Gasteiger partial charge in [0.05, 0.1) is 38.5 Å². The topological polar surface area (TPSA) is 85.3 Å². The number of carbonyl (C=O) groups excluding carboxylic acids is 2. The van der Waals surface area contributed by atoms with Crippen molar-refractivity contribution in [2.24, 2.45) is 0 Å². The van der Waals surface area contributed by atoms with Gasteiger partial charge in [-0.1, -0.05) is 24.3 Å². The van der Waals surface area contributed by atoms with Crippen molar-refractivity contribution in [1.82, 2.24) is 0 Å². The van der Waals surface area contributed by atoms with Crippen molar-refractivity contribution in [3.63, 3.8) is 0 Å². The van der Waals surface area contributed by atoms with Gasteiger partial charge in [0.2, 0.25) is 0 Å². The van der Waals surface area contributed by atoms with Gasteiger partial charge in [-0.2, -0.15) is 0 Å². The molecule has 1 amide bonds. The number of ether oxygens (including phenoxy) is 3. The van der Waals surface area contributed by atoms with Crippen molar-refractivity contribution in [2.75, 3.05) is 26.2 Å². The van der Waals surface area contributed by atoms with Crippen molar-refractivity contribution >= 4 is 23.1 Å². The standard InChI is InChI=1S/C28H27NO6/c1-16-10-11-18(14-17(16)2)29-25(20-8-6-7-9-22(20)34-4)24(27(31)28(29)32)26(30)21-13-12-19(33-3)15-23(21)35-5/h6-15,25,30H,1-5H3/b26-24+. The number of methoxy groups -OCH3 is 3. The third-order valence-corrected chi connectivity index (χ3v) is 6.31. The van der Waals surface area contributed by atoms with Crippen LogP contribution in [0.4, 0.5) is 5.69 Å². The smallest absolute Gasteiger partial charge is 0.300 e. The van der Waals surface area contributed by atoms with E-state index in [9.17, 15) is 14.7 Å². The number of aliphatic hydroxyl groups excluding tert-OH is 1. The Morgan fingerprint density at radius 1 is 0.829 bits per heavy atom. The number of aliphatic hydroxyl groups is 1. The molecule has 1 N–H and O–H groups in total. The lowest BCUT2D eigenvalue weighted by atomic mass is 9.94. The first-order valence-corrected chi connectivity index (χ1v) is 11.1. The van der Waals surface area contributed by atoms with Gasteiger partial charge in [-0.3, -0.25) is 14.5 Å². The number of anilines is 1. The molecule has 1 aliphatic rings. The summed E-state index contributed by atoms with van der Waals surface area (Å²) in [4.78, 5) is 28.3. The van der Waals surface area contributed by atoms with Crippen LogP contribution in [0.3, 0.4) is 0 Å². The molecule has 0 bridgehead atoms. The number of hydrogen-bond donors (Lipinski definition) is 1. The van der Waals surface area contributed by atoms with Crippen molar-refractivity contribution in [1.29, 1.82) is 0 Å². The van der Waals surface area contributed by atoms with Crippen LogP contribution in [0.1, 0.15) is 28.3 Å². The molecule has 7 heteroatoms. The summed E-state index contributed by atoms with van der Waals surface area (Å²) >= 11 is 0. The number of Topliss-reactive ketones (excluding diaryl/α,β-unsaturated/α-hetero) is 1. The fraction of sp³-hybridized carbons (Fsp3) is 0.214. The molecule has 3 aromatic carbocycles. The predicted octanol–water partition coefficient (Wildman–Crippen LogP) is 4.96. The van der Waals surface area contributed by atoms with Crippen LogP contribution in [0.2, 0.25) is 0 Å². The molecule has 1 fully saturated rings. The van der Waals surface area contributed by atoms with Crippen LogP contribution < -0.4 is 19.1 Å². The predicted molar refractivity (Wildman–Crippen MR) is 133 cm³/mol. The van der Waals surface area contributed by atoms with Crippen molar-refractivity contribution in [3.05, 3.63) is 88.5 Å². The minimum atomic E-state index is -0.917. The van der Waals surface area contributed by atoms with Crippen LogP contribution in [0.25, 0.3) is 5.76 Å². The van der Waals surface area contributed by atoms with E-state index in [4.69, 9.17) is 14.2 Å². The molecule has 7 nitrogen and oxygen atoms in total. The number of amides is 1. The second kappa shape index (κ2) is 9.54. The molecule has 0 saturated carbocycles. The Kier molecular flexibility index (Phi) is 6.51. The number of aryl methyl sites for hydroxylation is 2. The third-order valence-electron chi connectivity index (χ3n) is 6.31. The molecule has 0 aromatic heterocycles. The number of hydrogen-bond acceptors (Lipinski definition) is 6. The zero-order valence-electron chi connectivity index (χ0n) is 20.3. The van der Waals surface area contributed by atoms with Crippen molar-refractivity contribution in [3.8, 4) is 17.2 Å². The lowest BCUT2D eigenvalue weighted by Gasteiger charge is -2.27. The highest BCUT2D eigenvalue weighted by atomic mass is 16.5. The molecule has 1 unspecified atom stereocenters. The highest BCUT2D eigenvalue weighted by molar-refractivity contribution is 6.51. The summed E-state index contributed by atoms with van der Waals surface area (Å²) in [5.74, 6) is -0.563. The molecule has 1 atom stereocenters. The van der Waals surface area contributed by atoms with Gasteiger partial charge in [-0.25, -0.2) is 0 Å². The normalized spacial score (nSPS) is 16.9. The average molecular weight is 474 g/mol. The fourth-order valence-corrected chi connectivity index (χ4v) is 4.30. The first-order valence-electron chi connectivity index (χ1n) is 11.1. The zero-order chi connectivity index (χ0) is 25.3. The SMILES string of the molecule is COc1ccc(/C(O)=C2\C(=O)C(=O)N(c3ccc(C)c(C)c3)C2c2ccccc2OC)c(OC)c1. The number of nitrogens with zero attached hydrogens (tertiary/aromatic N) is 1. The molecule has 0 radical (unpaired) electrons. The Labute approximate surface area is 204 Å². The van der Waals surface area contributed by atoms with Gasteiger partial charge < -0.3 is 19.3 Å². The van der Waals surface area contributed by atoms with Gasteiger partial charge in [0, 0.05) is 17.3 Å². The van der Waals surface area contributed by atoms with E-state index in [1.807, 2.05) is 26.0 Å². The van der Waals surface area contributed by atoms with Gasteiger partial charge in [0.25, 0.3) is 11.7 Å². The van der Waals surface area contributed by atoms with E-state index in [-0.39, 0.29) is 16.9 Å². The van der Waals surface area contributed by atoms with E-state index in [0.717, 1.165) is 11.1 Å². The summed E-state index contributed by atoms with van der Waals surface area (Å²) in [6.07, 6.45) is 0. The van der Waals surface area contributed by atoms with Crippen LogP contribution in [-0.4, -0.2) is 38.1 Å². The highest BCUT2D eigenvalue weighted by Gasteiger charge is 2.48. The molecule has 3 aromatic rings. The van der Waals surface area contributed by atoms with Crippen molar-refractivity contribution < 1.29 is 28.9 Å². The van der Waals surface area contributed by atoms with E-state index >= 15 is 0 Å². The van der Waals surface area contributed by atoms with Gasteiger partial charge >= 0.3 is 0 Å². The second-order valence-corrected chi connectivity index (χ2v) is 8.25. The fourth-order valence-electron chi connectivity index (χ4n) is 4.30. The lowest BCUT2D eigenvalue weighted by molar-refractivity contribution is -0.132. The molecule has 1 saturated heterocycles. The van der Waals surface area contributed by atoms with Crippen molar-refractivity contribution in [2.45, 2.75) is 19.9 Å². The maximum Gasteiger partial charge on any atom is 0.300 e. The Morgan fingerprint density at radius 3 is 2.20 bits per heavy atom. The van der Waals surface area contributed by atoms with Gasteiger partial charge in [-0.15, -0.1) is 0 Å². The lowest BCUT2D eigenvalue weighted by Crippen LogP contribution is -2.29. The van der Waals surface area contributed by atoms with Crippen LogP contribution >= 0.6 is 0 Å². The van der Waals surface area contributed by atoms with E-state index in [1.54, 1.807) is 48.5 Å². The molecular weight excluding hydrogens is 446 g/mol. The Bertz CT molecular complexity index is 1340. The van der Waals surface area contributed by atoms with E-state index in [2.05, 4.69) is 0 Å². The summed E-state index contributed by atoms with van der Waals surface area (Å²) in [6.45, 7) is 3.91. The van der Waals surface area contributed by atoms with E-state index in [1.165, 1.54) is 26.2 Å². The number of ketones is 1. The number of rotatable bonds is 6. The van der Waals surface area contributed by atoms with Gasteiger partial charge in [0.1, 0.15) is 23.0 Å². The molecule has 0 spiro atoms. The van der Waals surface area contributed by atoms with E-state index in [0.29, 0.717) is 28.5 Å². The summed E-state index contributed by atoms with van der Waals surface area (Å²) < 4.78 is 16.3. The first kappa shape index (κ1) is 23.9. The molecule has 0 aliphatic carbocycles. The summed E-state index contributed by atoms with van der Waals surface area (Å²) in [5.41, 5.74) is 3.36. The highest BCUT2D eigenvalue weighted by Crippen LogP contribution is 2.46. The number of carbonyl (C=O) groups is 2. The third kappa shape index (κ3) is 4.10. The maximum absolute atomic E-state index is 13.4. The molecule has 35 heavy (non-hydrogen) atoms. The Morgan fingerprint density at radius 2 is 1.54 bits per heavy atom. The minimum Gasteiger partial charge on any atom is -0.507 e. The monoisotopic (exact) mass is 473 g/mol. The summed E-state index contributed by atoms with van der Waals surface area (Å²) in [6, 6.07) is 16.6. The minimum absolute atomic E-state index is 0.0544. The molecule has 180 valence electrons. The van der Waals surface area contributed by atoms with Gasteiger partial charge in [-0.05, 0) is 55.3 Å². The van der Waals surface area contributed by atoms with Crippen LogP contribution in [0.5, 0.6) is 17.2 Å². The molecule has 1 heterocycles. The first-order chi connectivity index (χ1) is 16.8. The van der Waals surface area contributed by atoms with Gasteiger partial charge in [0.15, 0.2) is 0 Å². The number of para-hydroxylation sites is 1. The quantitative estimate of drug-likeness (QED) is 0.310. The van der Waals surface area contributed by atoms with Crippen LogP contribution in [0, 0.1) is 13.8 Å². The van der Waals surface area contributed by atoms with Crippen LogP contribution in [-0.2, 0) is 9.59 Å². The largest absolute Gasteiger partial charge is 0.507 e. The molecule has 1 aliphatic heterocycles. The summed E-state index contributed by atoms with van der Waals surface area (Å²) in [5, 5.41) is 11.5. The number of benzene rings is 3. The molecular formula is C28H27NO6. The average Bonchev–Trinajstić information content (AvgIpc) is 3.14. The zero-order valence-corrected chi connectivity index (χ0v) is 20.3. The summed E-state index contributed by atoms with van der Waals surface area (Å²) in [7, 11) is 4.50. The Hall–Kier alpha value is -4.26. The Balaban J connectivity index is 2.01. The maximum atomic E-state index is 13.4. The van der Waals surface area contributed by atoms with E-state index < -0.39 is 17.7 Å². The molecule has 4 rings (SSSR count). The second-order valence-electron chi connectivity index (χ2n) is 8.25.